The van der Waals surface area contributed by atoms with E-state index in [1.165, 1.54) is 12.8 Å². The molecule has 5 rings (SSSR count). The Bertz CT molecular complexity index is 644. The summed E-state index contributed by atoms with van der Waals surface area (Å²) in [7, 11) is 1.63. The number of phenols is 1. The van der Waals surface area contributed by atoms with Gasteiger partial charge in [-0.2, -0.15) is 0 Å². The van der Waals surface area contributed by atoms with Crippen LogP contribution >= 0.6 is 0 Å². The highest BCUT2D eigenvalue weighted by atomic mass is 16.5. The van der Waals surface area contributed by atoms with Crippen LogP contribution in [0.1, 0.15) is 24.3 Å². The van der Waals surface area contributed by atoms with Crippen LogP contribution in [0.4, 0.5) is 0 Å². The first-order valence-corrected chi connectivity index (χ1v) is 9.58. The second-order valence-electron chi connectivity index (χ2n) is 7.65. The molecule has 4 saturated heterocycles. The van der Waals surface area contributed by atoms with Crippen LogP contribution in [-0.4, -0.2) is 79.5 Å². The molecule has 0 aliphatic carbocycles. The van der Waals surface area contributed by atoms with E-state index in [-0.39, 0.29) is 24.5 Å². The standard InChI is InChI=1S/C20H28N2O4/c1-25-9-10-26-13-18(24)22-12-17(15-3-2-4-16(23)11-15)20-19(22)14-5-7-21(20)8-6-14/h2-4,11,14,17,19-20,23H,5-10,12-13H2,1H3/t17-,19+,20+/m1/s1. The Labute approximate surface area is 154 Å². The number of nitrogens with zero attached hydrogens (tertiary/aromatic N) is 2. The number of hydrogen-bond acceptors (Lipinski definition) is 5. The fraction of sp³-hybridized carbons (Fsp3) is 0.650. The van der Waals surface area contributed by atoms with Crippen molar-refractivity contribution in [2.24, 2.45) is 5.92 Å². The number of carbonyl (C=O) groups is 1. The Hall–Kier alpha value is -1.63. The molecular formula is C20H28N2O4. The van der Waals surface area contributed by atoms with Crippen molar-refractivity contribution >= 4 is 5.91 Å². The number of carbonyl (C=O) groups excluding carboxylic acids is 1. The summed E-state index contributed by atoms with van der Waals surface area (Å²) in [4.78, 5) is 17.5. The maximum atomic E-state index is 12.9. The van der Waals surface area contributed by atoms with Crippen molar-refractivity contribution in [2.45, 2.75) is 30.8 Å². The molecule has 0 radical (unpaired) electrons. The first kappa shape index (κ1) is 17.8. The van der Waals surface area contributed by atoms with Crippen LogP contribution in [0.15, 0.2) is 24.3 Å². The van der Waals surface area contributed by atoms with E-state index in [9.17, 15) is 9.90 Å². The average molecular weight is 360 g/mol. The molecule has 0 saturated carbocycles. The molecule has 4 heterocycles. The number of methoxy groups -OCH3 is 1. The lowest BCUT2D eigenvalue weighted by atomic mass is 9.75. The maximum absolute atomic E-state index is 12.9. The van der Waals surface area contributed by atoms with Crippen molar-refractivity contribution in [1.82, 2.24) is 9.80 Å². The predicted octanol–water partition coefficient (Wildman–Crippen LogP) is 1.44. The lowest BCUT2D eigenvalue weighted by Crippen LogP contribution is -2.61. The van der Waals surface area contributed by atoms with E-state index in [1.54, 1.807) is 13.2 Å². The number of hydrogen-bond donors (Lipinski definition) is 1. The predicted molar refractivity (Wildman–Crippen MR) is 97.1 cm³/mol. The van der Waals surface area contributed by atoms with E-state index < -0.39 is 0 Å². The molecule has 1 amide bonds. The highest BCUT2D eigenvalue weighted by Gasteiger charge is 2.54. The zero-order chi connectivity index (χ0) is 18.1. The molecule has 0 spiro atoms. The number of piperidine rings is 3. The third kappa shape index (κ3) is 3.21. The molecular weight excluding hydrogens is 332 g/mol. The van der Waals surface area contributed by atoms with Crippen LogP contribution < -0.4 is 0 Å². The summed E-state index contributed by atoms with van der Waals surface area (Å²) in [5.41, 5.74) is 1.13. The summed E-state index contributed by atoms with van der Waals surface area (Å²) in [6.45, 7) is 4.00. The first-order valence-electron chi connectivity index (χ1n) is 9.58. The molecule has 0 unspecified atom stereocenters. The molecule has 0 aromatic heterocycles. The van der Waals surface area contributed by atoms with Crippen LogP contribution in [0.2, 0.25) is 0 Å². The second-order valence-corrected chi connectivity index (χ2v) is 7.65. The van der Waals surface area contributed by atoms with Gasteiger partial charge in [0.2, 0.25) is 5.91 Å². The molecule has 6 heteroatoms. The third-order valence-corrected chi connectivity index (χ3v) is 6.27. The van der Waals surface area contributed by atoms with Gasteiger partial charge in [0, 0.05) is 25.6 Å². The molecule has 1 N–H and O–H groups in total. The van der Waals surface area contributed by atoms with Crippen LogP contribution in [0, 0.1) is 5.92 Å². The van der Waals surface area contributed by atoms with Gasteiger partial charge in [-0.15, -0.1) is 0 Å². The van der Waals surface area contributed by atoms with Gasteiger partial charge in [0.05, 0.1) is 19.3 Å². The fourth-order valence-electron chi connectivity index (χ4n) is 5.14. The molecule has 4 fully saturated rings. The summed E-state index contributed by atoms with van der Waals surface area (Å²) in [5.74, 6) is 1.20. The molecule has 26 heavy (non-hydrogen) atoms. The summed E-state index contributed by atoms with van der Waals surface area (Å²) in [6, 6.07) is 8.15. The first-order chi connectivity index (χ1) is 12.7. The van der Waals surface area contributed by atoms with Gasteiger partial charge in [-0.1, -0.05) is 12.1 Å². The lowest BCUT2D eigenvalue weighted by Gasteiger charge is -2.51. The van der Waals surface area contributed by atoms with E-state index in [2.05, 4.69) is 15.9 Å². The number of rotatable bonds is 6. The van der Waals surface area contributed by atoms with Crippen molar-refractivity contribution in [1.29, 1.82) is 0 Å². The van der Waals surface area contributed by atoms with Gasteiger partial charge in [0.1, 0.15) is 12.4 Å². The number of benzene rings is 1. The van der Waals surface area contributed by atoms with Gasteiger partial charge >= 0.3 is 0 Å². The van der Waals surface area contributed by atoms with Gasteiger partial charge in [-0.05, 0) is 49.5 Å². The number of fused-ring (bicyclic) bond motifs is 2. The quantitative estimate of drug-likeness (QED) is 0.778. The molecule has 142 valence electrons. The minimum Gasteiger partial charge on any atom is -0.508 e. The summed E-state index contributed by atoms with van der Waals surface area (Å²) < 4.78 is 10.5. The molecule has 1 aromatic rings. The Morgan fingerprint density at radius 1 is 1.23 bits per heavy atom. The lowest BCUT2D eigenvalue weighted by molar-refractivity contribution is -0.141. The Balaban J connectivity index is 1.55. The Morgan fingerprint density at radius 2 is 2.04 bits per heavy atom. The minimum absolute atomic E-state index is 0.0764. The van der Waals surface area contributed by atoms with E-state index in [4.69, 9.17) is 9.47 Å². The van der Waals surface area contributed by atoms with Gasteiger partial charge in [0.25, 0.3) is 0 Å². The zero-order valence-corrected chi connectivity index (χ0v) is 15.3. The highest BCUT2D eigenvalue weighted by molar-refractivity contribution is 5.78. The molecule has 2 bridgehead atoms. The van der Waals surface area contributed by atoms with Crippen LogP contribution in [0.3, 0.4) is 0 Å². The van der Waals surface area contributed by atoms with Gasteiger partial charge < -0.3 is 19.5 Å². The SMILES string of the molecule is COCCOCC(=O)N1C[C@H](c2cccc(O)c2)[C@H]2[C@@H]1C1CCN2CC1. The van der Waals surface area contributed by atoms with E-state index in [1.807, 2.05) is 12.1 Å². The smallest absolute Gasteiger partial charge is 0.248 e. The number of ether oxygens (including phenoxy) is 2. The normalized spacial score (nSPS) is 32.7. The number of amides is 1. The second kappa shape index (κ2) is 7.55. The minimum atomic E-state index is 0.0764. The summed E-state index contributed by atoms with van der Waals surface area (Å²) >= 11 is 0. The number of aromatic hydroxyl groups is 1. The molecule has 6 nitrogen and oxygen atoms in total. The van der Waals surface area contributed by atoms with Gasteiger partial charge in [-0.25, -0.2) is 0 Å². The van der Waals surface area contributed by atoms with E-state index in [0.717, 1.165) is 18.7 Å². The summed E-state index contributed by atoms with van der Waals surface area (Å²) in [5, 5.41) is 9.92. The van der Waals surface area contributed by atoms with Crippen molar-refractivity contribution in [2.75, 3.05) is 46.6 Å². The average Bonchev–Trinajstić information content (AvgIpc) is 3.09. The fourth-order valence-corrected chi connectivity index (χ4v) is 5.14. The topological polar surface area (TPSA) is 62.2 Å². The van der Waals surface area contributed by atoms with Crippen LogP contribution in [-0.2, 0) is 14.3 Å². The van der Waals surface area contributed by atoms with Crippen molar-refractivity contribution in [3.05, 3.63) is 29.8 Å². The zero-order valence-electron chi connectivity index (χ0n) is 15.3. The van der Waals surface area contributed by atoms with Crippen LogP contribution in [0.25, 0.3) is 0 Å². The van der Waals surface area contributed by atoms with Crippen molar-refractivity contribution in [3.8, 4) is 5.75 Å². The van der Waals surface area contributed by atoms with Crippen molar-refractivity contribution < 1.29 is 19.4 Å². The van der Waals surface area contributed by atoms with Crippen LogP contribution in [0.5, 0.6) is 5.75 Å². The summed E-state index contributed by atoms with van der Waals surface area (Å²) in [6.07, 6.45) is 2.34. The third-order valence-electron chi connectivity index (χ3n) is 6.27. The number of likely N-dealkylation sites (tertiary alicyclic amines) is 1. The monoisotopic (exact) mass is 360 g/mol. The maximum Gasteiger partial charge on any atom is 0.248 e. The Kier molecular flexibility index (Phi) is 5.16. The van der Waals surface area contributed by atoms with E-state index in [0.29, 0.717) is 37.5 Å². The van der Waals surface area contributed by atoms with Crippen molar-refractivity contribution in [3.63, 3.8) is 0 Å². The van der Waals surface area contributed by atoms with Gasteiger partial charge in [0.15, 0.2) is 0 Å². The van der Waals surface area contributed by atoms with Gasteiger partial charge in [-0.3, -0.25) is 9.69 Å². The molecule has 4 aliphatic heterocycles. The molecule has 4 aliphatic rings. The molecule has 3 atom stereocenters. The van der Waals surface area contributed by atoms with E-state index >= 15 is 0 Å². The number of phenolic OH excluding ortho intramolecular Hbond substituents is 1. The Morgan fingerprint density at radius 3 is 2.77 bits per heavy atom. The molecule has 1 aromatic carbocycles. The largest absolute Gasteiger partial charge is 0.508 e. The highest BCUT2D eigenvalue weighted by Crippen LogP contribution is 2.46.